The van der Waals surface area contributed by atoms with Gasteiger partial charge in [-0.25, -0.2) is 4.39 Å². The molecule has 1 fully saturated rings. The van der Waals surface area contributed by atoms with Crippen LogP contribution in [0.3, 0.4) is 0 Å². The molecule has 0 aliphatic carbocycles. The molecule has 1 aromatic rings. The molecule has 2 unspecified atom stereocenters. The molecule has 4 nitrogen and oxygen atoms in total. The number of para-hydroxylation sites is 1. The molecule has 1 heterocycles. The average Bonchev–Trinajstić information content (AvgIpc) is 2.81. The summed E-state index contributed by atoms with van der Waals surface area (Å²) in [5.41, 5.74) is 0.337. The fourth-order valence-electron chi connectivity index (χ4n) is 2.57. The van der Waals surface area contributed by atoms with Crippen molar-refractivity contribution < 1.29 is 14.3 Å². The van der Waals surface area contributed by atoms with Gasteiger partial charge in [0.1, 0.15) is 5.82 Å². The molecule has 0 saturated carbocycles. The Morgan fingerprint density at radius 2 is 2.20 bits per heavy atom. The number of carbonyl (C=O) groups is 1. The molecule has 1 amide bonds. The highest BCUT2D eigenvalue weighted by Crippen LogP contribution is 2.26. The van der Waals surface area contributed by atoms with Gasteiger partial charge in [-0.1, -0.05) is 19.1 Å². The summed E-state index contributed by atoms with van der Waals surface area (Å²) in [7, 11) is 1.83. The predicted octanol–water partition coefficient (Wildman–Crippen LogP) is 1.63. The molecule has 5 heteroatoms. The van der Waals surface area contributed by atoms with Crippen molar-refractivity contribution in [2.75, 3.05) is 25.0 Å². The van der Waals surface area contributed by atoms with Crippen molar-refractivity contribution in [1.29, 1.82) is 0 Å². The highest BCUT2D eigenvalue weighted by Gasteiger charge is 2.36. The van der Waals surface area contributed by atoms with Gasteiger partial charge < -0.3 is 10.0 Å². The smallest absolute Gasteiger partial charge is 0.244 e. The van der Waals surface area contributed by atoms with Crippen molar-refractivity contribution in [2.24, 2.45) is 0 Å². The Hall–Kier alpha value is -1.46. The quantitative estimate of drug-likeness (QED) is 0.891. The number of benzene rings is 1. The van der Waals surface area contributed by atoms with Crippen LogP contribution < -0.4 is 4.90 Å². The van der Waals surface area contributed by atoms with Gasteiger partial charge in [0, 0.05) is 13.1 Å². The maximum atomic E-state index is 13.8. The molecule has 0 spiro atoms. The van der Waals surface area contributed by atoms with Crippen LogP contribution in [0.25, 0.3) is 0 Å². The topological polar surface area (TPSA) is 43.8 Å². The monoisotopic (exact) mass is 280 g/mol. The second kappa shape index (κ2) is 6.33. The van der Waals surface area contributed by atoms with E-state index in [1.165, 1.54) is 11.0 Å². The fourth-order valence-corrected chi connectivity index (χ4v) is 2.57. The van der Waals surface area contributed by atoms with E-state index in [-0.39, 0.29) is 17.8 Å². The van der Waals surface area contributed by atoms with Crippen molar-refractivity contribution in [3.8, 4) is 0 Å². The standard InChI is InChI=1S/C15H21FN2O2/c1-3-11(19)10-17(2)14-8-9-18(15(14)20)13-7-5-4-6-12(13)16/h4-7,11,14,19H,3,8-10H2,1-2H3. The van der Waals surface area contributed by atoms with Gasteiger partial charge >= 0.3 is 0 Å². The number of halogens is 1. The zero-order valence-electron chi connectivity index (χ0n) is 11.9. The molecule has 20 heavy (non-hydrogen) atoms. The molecular formula is C15H21FN2O2. The van der Waals surface area contributed by atoms with E-state index in [9.17, 15) is 14.3 Å². The Balaban J connectivity index is 2.08. The molecule has 1 N–H and O–H groups in total. The summed E-state index contributed by atoms with van der Waals surface area (Å²) in [6, 6.07) is 6.04. The number of amides is 1. The zero-order chi connectivity index (χ0) is 14.7. The van der Waals surface area contributed by atoms with Crippen molar-refractivity contribution in [3.05, 3.63) is 30.1 Å². The van der Waals surface area contributed by atoms with Gasteiger partial charge in [-0.05, 0) is 32.0 Å². The largest absolute Gasteiger partial charge is 0.392 e. The summed E-state index contributed by atoms with van der Waals surface area (Å²) in [5, 5.41) is 9.68. The molecule has 0 radical (unpaired) electrons. The lowest BCUT2D eigenvalue weighted by atomic mass is 10.2. The molecular weight excluding hydrogens is 259 g/mol. The van der Waals surface area contributed by atoms with Crippen LogP contribution in [0, 0.1) is 5.82 Å². The van der Waals surface area contributed by atoms with Crippen molar-refractivity contribution in [3.63, 3.8) is 0 Å². The number of rotatable bonds is 5. The third kappa shape index (κ3) is 2.99. The van der Waals surface area contributed by atoms with Gasteiger partial charge in [0.05, 0.1) is 17.8 Å². The first-order valence-corrected chi connectivity index (χ1v) is 6.98. The van der Waals surface area contributed by atoms with E-state index in [4.69, 9.17) is 0 Å². The third-order valence-electron chi connectivity index (χ3n) is 3.82. The summed E-state index contributed by atoms with van der Waals surface area (Å²) in [6.45, 7) is 2.87. The highest BCUT2D eigenvalue weighted by molar-refractivity contribution is 5.99. The van der Waals surface area contributed by atoms with E-state index in [1.807, 2.05) is 18.9 Å². The van der Waals surface area contributed by atoms with E-state index in [2.05, 4.69) is 0 Å². The van der Waals surface area contributed by atoms with Crippen LogP contribution >= 0.6 is 0 Å². The zero-order valence-corrected chi connectivity index (χ0v) is 11.9. The molecule has 0 bridgehead atoms. The molecule has 1 aromatic carbocycles. The lowest BCUT2D eigenvalue weighted by Gasteiger charge is -2.25. The Kier molecular flexibility index (Phi) is 4.73. The van der Waals surface area contributed by atoms with Crippen LogP contribution in [0.2, 0.25) is 0 Å². The maximum absolute atomic E-state index is 13.8. The normalized spacial score (nSPS) is 20.8. The first-order valence-electron chi connectivity index (χ1n) is 6.98. The van der Waals surface area contributed by atoms with E-state index in [0.717, 1.165) is 0 Å². The Morgan fingerprint density at radius 3 is 2.85 bits per heavy atom. The maximum Gasteiger partial charge on any atom is 0.244 e. The number of carbonyl (C=O) groups excluding carboxylic acids is 1. The van der Waals surface area contributed by atoms with Crippen LogP contribution in [0.15, 0.2) is 24.3 Å². The van der Waals surface area contributed by atoms with Gasteiger partial charge in [-0.2, -0.15) is 0 Å². The van der Waals surface area contributed by atoms with E-state index < -0.39 is 6.10 Å². The Morgan fingerprint density at radius 1 is 1.50 bits per heavy atom. The number of hydrogen-bond donors (Lipinski definition) is 1. The van der Waals surface area contributed by atoms with Crippen LogP contribution in [-0.4, -0.2) is 48.2 Å². The SMILES string of the molecule is CCC(O)CN(C)C1CCN(c2ccccc2F)C1=O. The third-order valence-corrected chi connectivity index (χ3v) is 3.82. The minimum atomic E-state index is -0.435. The number of aliphatic hydroxyl groups is 1. The summed E-state index contributed by atoms with van der Waals surface area (Å²) in [5.74, 6) is -0.473. The number of anilines is 1. The van der Waals surface area contributed by atoms with Gasteiger partial charge in [-0.3, -0.25) is 9.69 Å². The van der Waals surface area contributed by atoms with Gasteiger partial charge in [0.2, 0.25) is 5.91 Å². The predicted molar refractivity (Wildman–Crippen MR) is 76.1 cm³/mol. The molecule has 1 aliphatic heterocycles. The van der Waals surface area contributed by atoms with Crippen LogP contribution in [-0.2, 0) is 4.79 Å². The molecule has 2 atom stereocenters. The summed E-state index contributed by atoms with van der Waals surface area (Å²) in [4.78, 5) is 15.8. The molecule has 2 rings (SSSR count). The molecule has 1 aliphatic rings. The Bertz CT molecular complexity index is 481. The lowest BCUT2D eigenvalue weighted by Crippen LogP contribution is -2.43. The van der Waals surface area contributed by atoms with Gasteiger partial charge in [-0.15, -0.1) is 0 Å². The summed E-state index contributed by atoms with van der Waals surface area (Å²) in [6.07, 6.45) is 0.873. The van der Waals surface area contributed by atoms with Gasteiger partial charge in [0.15, 0.2) is 0 Å². The second-order valence-corrected chi connectivity index (χ2v) is 5.25. The number of likely N-dealkylation sites (N-methyl/N-ethyl adjacent to an activating group) is 1. The first-order chi connectivity index (χ1) is 9.54. The second-order valence-electron chi connectivity index (χ2n) is 5.25. The van der Waals surface area contributed by atoms with Gasteiger partial charge in [0.25, 0.3) is 0 Å². The molecule has 1 saturated heterocycles. The van der Waals surface area contributed by atoms with Crippen LogP contribution in [0.5, 0.6) is 0 Å². The molecule has 110 valence electrons. The summed E-state index contributed by atoms with van der Waals surface area (Å²) >= 11 is 0. The number of nitrogens with zero attached hydrogens (tertiary/aromatic N) is 2. The van der Waals surface area contributed by atoms with E-state index >= 15 is 0 Å². The van der Waals surface area contributed by atoms with E-state index in [0.29, 0.717) is 31.6 Å². The fraction of sp³-hybridized carbons (Fsp3) is 0.533. The minimum Gasteiger partial charge on any atom is -0.392 e. The highest BCUT2D eigenvalue weighted by atomic mass is 19.1. The van der Waals surface area contributed by atoms with Crippen LogP contribution in [0.4, 0.5) is 10.1 Å². The first kappa shape index (κ1) is 14.9. The minimum absolute atomic E-state index is 0.0964. The van der Waals surface area contributed by atoms with Crippen molar-refractivity contribution in [1.82, 2.24) is 4.90 Å². The Labute approximate surface area is 118 Å². The average molecular weight is 280 g/mol. The summed E-state index contributed by atoms with van der Waals surface area (Å²) < 4.78 is 13.8. The van der Waals surface area contributed by atoms with E-state index in [1.54, 1.807) is 18.2 Å². The number of aliphatic hydroxyl groups excluding tert-OH is 1. The van der Waals surface area contributed by atoms with Crippen molar-refractivity contribution >= 4 is 11.6 Å². The lowest BCUT2D eigenvalue weighted by molar-refractivity contribution is -0.121. The number of hydrogen-bond acceptors (Lipinski definition) is 3. The van der Waals surface area contributed by atoms with Crippen LogP contribution in [0.1, 0.15) is 19.8 Å². The molecule has 0 aromatic heterocycles. The van der Waals surface area contributed by atoms with Crippen molar-refractivity contribution in [2.45, 2.75) is 31.9 Å².